The van der Waals surface area contributed by atoms with Crippen LogP contribution in [0.3, 0.4) is 0 Å². The molecule has 0 radical (unpaired) electrons. The number of nitrogens with zero attached hydrogens (tertiary/aromatic N) is 1. The summed E-state index contributed by atoms with van der Waals surface area (Å²) in [6, 6.07) is 11.0. The molecule has 5 rings (SSSR count). The van der Waals surface area contributed by atoms with Crippen molar-refractivity contribution in [3.05, 3.63) is 68.7 Å². The Bertz CT molecular complexity index is 1240. The largest absolute Gasteiger partial charge is 0.454 e. The van der Waals surface area contributed by atoms with Gasteiger partial charge < -0.3 is 25.1 Å². The highest BCUT2D eigenvalue weighted by Gasteiger charge is 2.21. The molecule has 8 nitrogen and oxygen atoms in total. The van der Waals surface area contributed by atoms with E-state index >= 15 is 0 Å². The third-order valence-electron chi connectivity index (χ3n) is 4.51. The van der Waals surface area contributed by atoms with Crippen molar-refractivity contribution in [3.8, 4) is 11.5 Å². The van der Waals surface area contributed by atoms with Gasteiger partial charge in [-0.05, 0) is 35.9 Å². The van der Waals surface area contributed by atoms with E-state index in [4.69, 9.17) is 9.47 Å². The molecule has 1 aromatic heterocycles. The first-order chi connectivity index (χ1) is 13.2. The van der Waals surface area contributed by atoms with Gasteiger partial charge in [0, 0.05) is 12.2 Å². The predicted molar refractivity (Wildman–Crippen MR) is 101 cm³/mol. The monoisotopic (exact) mass is 362 g/mol. The van der Waals surface area contributed by atoms with Gasteiger partial charge in [-0.3, -0.25) is 9.59 Å². The van der Waals surface area contributed by atoms with E-state index in [9.17, 15) is 9.59 Å². The first-order valence-corrected chi connectivity index (χ1v) is 8.35. The molecule has 0 bridgehead atoms. The highest BCUT2D eigenvalue weighted by atomic mass is 16.7. The van der Waals surface area contributed by atoms with E-state index in [0.29, 0.717) is 23.7 Å². The van der Waals surface area contributed by atoms with Crippen molar-refractivity contribution in [1.82, 2.24) is 9.97 Å². The van der Waals surface area contributed by atoms with E-state index in [1.165, 1.54) is 0 Å². The molecule has 1 aliphatic heterocycles. The highest BCUT2D eigenvalue weighted by Crippen LogP contribution is 2.33. The summed E-state index contributed by atoms with van der Waals surface area (Å²) in [5, 5.41) is 6.05. The maximum Gasteiger partial charge on any atom is 0.253 e. The van der Waals surface area contributed by atoms with E-state index in [1.54, 1.807) is 6.33 Å². The number of aromatic amines is 1. The Labute approximate surface area is 152 Å². The number of hydrogen-bond acceptors (Lipinski definition) is 7. The fraction of sp³-hybridized carbons (Fsp3) is 0.105. The van der Waals surface area contributed by atoms with Gasteiger partial charge in [0.05, 0.1) is 17.4 Å². The van der Waals surface area contributed by atoms with Gasteiger partial charge in [-0.2, -0.15) is 0 Å². The summed E-state index contributed by atoms with van der Waals surface area (Å²) in [7, 11) is 0. The second-order valence-corrected chi connectivity index (χ2v) is 6.21. The van der Waals surface area contributed by atoms with Crippen LogP contribution in [0.4, 0.5) is 17.1 Å². The van der Waals surface area contributed by atoms with E-state index in [1.807, 2.05) is 36.4 Å². The summed E-state index contributed by atoms with van der Waals surface area (Å²) in [6.45, 7) is 0.591. The lowest BCUT2D eigenvalue weighted by Gasteiger charge is -2.15. The second kappa shape index (κ2) is 5.87. The molecule has 3 N–H and O–H groups in total. The maximum absolute atomic E-state index is 12.0. The fourth-order valence-electron chi connectivity index (χ4n) is 3.07. The number of H-pyrrole nitrogens is 1. The second-order valence-electron chi connectivity index (χ2n) is 6.21. The van der Waals surface area contributed by atoms with Crippen molar-refractivity contribution >= 4 is 28.1 Å². The summed E-state index contributed by atoms with van der Waals surface area (Å²) in [5.41, 5.74) is 2.74. The molecule has 0 unspecified atom stereocenters. The number of benzene rings is 2. The van der Waals surface area contributed by atoms with Crippen molar-refractivity contribution in [2.45, 2.75) is 6.54 Å². The molecule has 4 aromatic rings. The lowest BCUT2D eigenvalue weighted by atomic mass is 10.1. The topological polar surface area (TPSA) is 105 Å². The molecular weight excluding hydrogens is 348 g/mol. The van der Waals surface area contributed by atoms with Crippen LogP contribution in [0.1, 0.15) is 5.56 Å². The molecule has 1 aliphatic rings. The van der Waals surface area contributed by atoms with Gasteiger partial charge in [0.2, 0.25) is 6.79 Å². The van der Waals surface area contributed by atoms with E-state index in [0.717, 1.165) is 16.6 Å². The smallest absolute Gasteiger partial charge is 0.253 e. The molecule has 0 saturated heterocycles. The first kappa shape index (κ1) is 15.4. The quantitative estimate of drug-likeness (QED) is 0.468. The van der Waals surface area contributed by atoms with Crippen LogP contribution in [0.5, 0.6) is 11.5 Å². The summed E-state index contributed by atoms with van der Waals surface area (Å²) in [6.07, 6.45) is 1.60. The lowest BCUT2D eigenvalue weighted by molar-refractivity contribution is 0.174. The molecular formula is C19H14N4O4. The predicted octanol–water partition coefficient (Wildman–Crippen LogP) is 2.24. The normalized spacial score (nSPS) is 12.6. The summed E-state index contributed by atoms with van der Waals surface area (Å²) < 4.78 is 10.6. The van der Waals surface area contributed by atoms with Gasteiger partial charge in [-0.1, -0.05) is 6.07 Å². The van der Waals surface area contributed by atoms with E-state index in [-0.39, 0.29) is 18.2 Å². The summed E-state index contributed by atoms with van der Waals surface area (Å²) in [4.78, 5) is 31.1. The van der Waals surface area contributed by atoms with Crippen molar-refractivity contribution in [2.24, 2.45) is 0 Å². The van der Waals surface area contributed by atoms with Crippen LogP contribution in [0.2, 0.25) is 0 Å². The van der Waals surface area contributed by atoms with Gasteiger partial charge >= 0.3 is 0 Å². The Kier molecular flexibility index (Phi) is 3.36. The van der Waals surface area contributed by atoms with Gasteiger partial charge in [0.25, 0.3) is 10.9 Å². The number of rotatable bonds is 5. The minimum atomic E-state index is -0.537. The molecule has 0 atom stereocenters. The summed E-state index contributed by atoms with van der Waals surface area (Å²) in [5.74, 6) is 1.37. The first-order valence-electron chi connectivity index (χ1n) is 8.35. The zero-order valence-electron chi connectivity index (χ0n) is 14.0. The molecule has 3 aromatic carbocycles. The molecule has 27 heavy (non-hydrogen) atoms. The standard InChI is InChI=1S/C19H14N4O4/c24-18-16(20-7-10-1-4-14-15(5-10)27-9-26-14)17(19(18)25)23-11-2-3-12-13(6-11)22-8-21-12/h1-6,8,20,23H,7,9H2,(H,21,22). The number of nitrogens with one attached hydrogen (secondary N) is 3. The average molecular weight is 362 g/mol. The van der Waals surface area contributed by atoms with Crippen LogP contribution < -0.4 is 31.0 Å². The van der Waals surface area contributed by atoms with Gasteiger partial charge in [-0.15, -0.1) is 0 Å². The Hall–Kier alpha value is -3.81. The molecule has 2 heterocycles. The van der Waals surface area contributed by atoms with Gasteiger partial charge in [0.1, 0.15) is 11.4 Å². The number of aromatic nitrogens is 2. The Balaban J connectivity index is 1.35. The zero-order chi connectivity index (χ0) is 18.4. The van der Waals surface area contributed by atoms with E-state index in [2.05, 4.69) is 20.6 Å². The minimum absolute atomic E-state index is 0.207. The third-order valence-corrected chi connectivity index (χ3v) is 4.51. The Morgan fingerprint density at radius 3 is 2.78 bits per heavy atom. The Morgan fingerprint density at radius 2 is 1.85 bits per heavy atom. The fourth-order valence-corrected chi connectivity index (χ4v) is 3.07. The van der Waals surface area contributed by atoms with Gasteiger partial charge in [-0.25, -0.2) is 4.98 Å². The number of ether oxygens (including phenoxy) is 2. The number of imidazole rings is 1. The van der Waals surface area contributed by atoms with Gasteiger partial charge in [0.15, 0.2) is 11.5 Å². The van der Waals surface area contributed by atoms with Crippen LogP contribution in [0, 0.1) is 0 Å². The number of hydrogen-bond donors (Lipinski definition) is 3. The molecule has 0 amide bonds. The maximum atomic E-state index is 12.0. The Morgan fingerprint density at radius 1 is 1.00 bits per heavy atom. The van der Waals surface area contributed by atoms with Crippen molar-refractivity contribution < 1.29 is 9.47 Å². The molecule has 134 valence electrons. The number of anilines is 3. The lowest BCUT2D eigenvalue weighted by Crippen LogP contribution is -2.36. The minimum Gasteiger partial charge on any atom is -0.454 e. The molecule has 8 heteroatoms. The van der Waals surface area contributed by atoms with Crippen molar-refractivity contribution in [2.75, 3.05) is 17.4 Å². The molecule has 0 fully saturated rings. The van der Waals surface area contributed by atoms with Crippen LogP contribution in [0.25, 0.3) is 11.0 Å². The zero-order valence-corrected chi connectivity index (χ0v) is 14.0. The average Bonchev–Trinajstić information content (AvgIpc) is 3.35. The van der Waals surface area contributed by atoms with Crippen molar-refractivity contribution in [1.29, 1.82) is 0 Å². The molecule has 0 spiro atoms. The van der Waals surface area contributed by atoms with Crippen LogP contribution in [-0.4, -0.2) is 16.8 Å². The highest BCUT2D eigenvalue weighted by molar-refractivity contribution is 5.84. The van der Waals surface area contributed by atoms with Crippen LogP contribution in [-0.2, 0) is 6.54 Å². The summed E-state index contributed by atoms with van der Waals surface area (Å²) >= 11 is 0. The molecule has 0 aliphatic carbocycles. The van der Waals surface area contributed by atoms with Crippen LogP contribution in [0.15, 0.2) is 52.3 Å². The third kappa shape index (κ3) is 2.58. The van der Waals surface area contributed by atoms with E-state index < -0.39 is 10.9 Å². The van der Waals surface area contributed by atoms with Crippen molar-refractivity contribution in [3.63, 3.8) is 0 Å². The SMILES string of the molecule is O=c1c(NCc2ccc3c(c2)OCO3)c(Nc2ccc3[nH]cnc3c2)c1=O. The number of fused-ring (bicyclic) bond motifs is 2. The van der Waals surface area contributed by atoms with Crippen LogP contribution >= 0.6 is 0 Å². The molecule has 0 saturated carbocycles.